The summed E-state index contributed by atoms with van der Waals surface area (Å²) in [5, 5.41) is 0. The minimum atomic E-state index is -0.888. The highest BCUT2D eigenvalue weighted by atomic mass is 19.2. The summed E-state index contributed by atoms with van der Waals surface area (Å²) in [6, 6.07) is 8.35. The summed E-state index contributed by atoms with van der Waals surface area (Å²) in [5.41, 5.74) is 2.84. The molecule has 0 amide bonds. The van der Waals surface area contributed by atoms with Gasteiger partial charge in [0.25, 0.3) is 0 Å². The summed E-state index contributed by atoms with van der Waals surface area (Å²) in [5.74, 6) is -1.85. The van der Waals surface area contributed by atoms with E-state index in [1.165, 1.54) is 12.7 Å². The van der Waals surface area contributed by atoms with Crippen LogP contribution in [0.1, 0.15) is 65.0 Å². The molecule has 0 heterocycles. The van der Waals surface area contributed by atoms with Gasteiger partial charge in [-0.3, -0.25) is 0 Å². The van der Waals surface area contributed by atoms with Gasteiger partial charge >= 0.3 is 0 Å². The van der Waals surface area contributed by atoms with E-state index in [-0.39, 0.29) is 18.3 Å². The first-order valence-corrected chi connectivity index (χ1v) is 10.6. The lowest BCUT2D eigenvalue weighted by molar-refractivity contribution is -0.142. The van der Waals surface area contributed by atoms with Gasteiger partial charge in [-0.05, 0) is 36.5 Å². The molecular weight excluding hydrogens is 374 g/mol. The van der Waals surface area contributed by atoms with E-state index < -0.39 is 17.9 Å². The fourth-order valence-electron chi connectivity index (χ4n) is 3.12. The fourth-order valence-corrected chi connectivity index (χ4v) is 3.12. The Labute approximate surface area is 174 Å². The summed E-state index contributed by atoms with van der Waals surface area (Å²) in [6.45, 7) is 10.5. The van der Waals surface area contributed by atoms with E-state index in [2.05, 4.69) is 31.2 Å². The maximum atomic E-state index is 14.2. The number of aryl methyl sites for hydroxylation is 1. The van der Waals surface area contributed by atoms with Crippen LogP contribution in [0.15, 0.2) is 47.3 Å². The normalized spacial score (nSPS) is 16.3. The summed E-state index contributed by atoms with van der Waals surface area (Å²) in [7, 11) is 1.36. The molecule has 0 radical (unpaired) electrons. The number of benzene rings is 1. The van der Waals surface area contributed by atoms with Crippen LogP contribution in [0.25, 0.3) is 0 Å². The summed E-state index contributed by atoms with van der Waals surface area (Å²) >= 11 is 0. The lowest BCUT2D eigenvalue weighted by Gasteiger charge is -2.23. The average molecular weight is 411 g/mol. The van der Waals surface area contributed by atoms with Crippen LogP contribution in [0.4, 0.5) is 8.78 Å². The molecule has 1 aliphatic carbocycles. The minimum absolute atomic E-state index is 0.0750. The summed E-state index contributed by atoms with van der Waals surface area (Å²) < 4.78 is 44.4. The highest BCUT2D eigenvalue weighted by Gasteiger charge is 2.26. The van der Waals surface area contributed by atoms with Crippen LogP contribution in [-0.4, -0.2) is 20.0 Å². The third-order valence-electron chi connectivity index (χ3n) is 4.81. The molecule has 1 aromatic carbocycles. The van der Waals surface area contributed by atoms with E-state index in [1.54, 1.807) is 0 Å². The van der Waals surface area contributed by atoms with Gasteiger partial charge in [-0.25, -0.2) is 8.78 Å². The number of halogens is 2. The topological polar surface area (TPSA) is 27.7 Å². The van der Waals surface area contributed by atoms with E-state index in [0.29, 0.717) is 25.0 Å². The van der Waals surface area contributed by atoms with Gasteiger partial charge < -0.3 is 14.2 Å². The number of allylic oxidation sites excluding steroid dienone is 3. The second kappa shape index (κ2) is 13.5. The zero-order valence-corrected chi connectivity index (χ0v) is 18.7. The molecule has 0 N–H and O–H groups in total. The first-order chi connectivity index (χ1) is 14.0. The Kier molecular flexibility index (Phi) is 11.8. The van der Waals surface area contributed by atoms with Gasteiger partial charge in [-0.15, -0.1) is 0 Å². The van der Waals surface area contributed by atoms with E-state index in [0.717, 1.165) is 18.4 Å². The Bertz CT molecular complexity index is 665. The molecule has 5 heteroatoms. The largest absolute Gasteiger partial charge is 0.498 e. The predicted octanol–water partition coefficient (Wildman–Crippen LogP) is 7.03. The van der Waals surface area contributed by atoms with Gasteiger partial charge in [0.15, 0.2) is 17.9 Å². The van der Waals surface area contributed by atoms with Gasteiger partial charge in [0.2, 0.25) is 0 Å². The molecule has 0 saturated carbocycles. The monoisotopic (exact) mass is 410 g/mol. The van der Waals surface area contributed by atoms with Gasteiger partial charge in [-0.1, -0.05) is 58.4 Å². The molecule has 1 aliphatic rings. The zero-order valence-electron chi connectivity index (χ0n) is 18.7. The Morgan fingerprint density at radius 3 is 2.14 bits per heavy atom. The summed E-state index contributed by atoms with van der Waals surface area (Å²) in [4.78, 5) is 0. The quantitative estimate of drug-likeness (QED) is 0.388. The second-order valence-corrected chi connectivity index (χ2v) is 6.96. The Hall–Kier alpha value is -1.72. The van der Waals surface area contributed by atoms with Crippen molar-refractivity contribution in [2.24, 2.45) is 5.92 Å². The number of ether oxygens (including phenoxy) is 3. The van der Waals surface area contributed by atoms with E-state index >= 15 is 0 Å². The van der Waals surface area contributed by atoms with Crippen molar-refractivity contribution in [3.63, 3.8) is 0 Å². The first-order valence-electron chi connectivity index (χ1n) is 10.6. The van der Waals surface area contributed by atoms with Crippen molar-refractivity contribution in [3.8, 4) is 0 Å². The molecule has 29 heavy (non-hydrogen) atoms. The molecule has 2 rings (SSSR count). The third kappa shape index (κ3) is 7.90. The highest BCUT2D eigenvalue weighted by Crippen LogP contribution is 2.36. The molecule has 0 aromatic heterocycles. The van der Waals surface area contributed by atoms with Crippen molar-refractivity contribution in [3.05, 3.63) is 58.4 Å². The molecule has 0 spiro atoms. The molecule has 2 unspecified atom stereocenters. The third-order valence-corrected chi connectivity index (χ3v) is 4.81. The molecule has 2 atom stereocenters. The van der Waals surface area contributed by atoms with Crippen molar-refractivity contribution < 1.29 is 23.0 Å². The van der Waals surface area contributed by atoms with Gasteiger partial charge in [0.05, 0.1) is 20.3 Å². The molecule has 1 aromatic rings. The number of hydrogen-bond donors (Lipinski definition) is 0. The van der Waals surface area contributed by atoms with Crippen molar-refractivity contribution in [2.45, 2.75) is 73.2 Å². The Morgan fingerprint density at radius 2 is 1.55 bits per heavy atom. The van der Waals surface area contributed by atoms with Crippen LogP contribution in [0.3, 0.4) is 0 Å². The van der Waals surface area contributed by atoms with Crippen molar-refractivity contribution >= 4 is 0 Å². The zero-order chi connectivity index (χ0) is 21.8. The van der Waals surface area contributed by atoms with E-state index in [1.807, 2.05) is 27.7 Å². The SMILES string of the molecule is CC.CCCc1ccc(COC(C)OCC(C)C2=C(F)C(F)=C(OC)CC2)cc1. The lowest BCUT2D eigenvalue weighted by atomic mass is 9.92. The predicted molar refractivity (Wildman–Crippen MR) is 114 cm³/mol. The van der Waals surface area contributed by atoms with Crippen LogP contribution < -0.4 is 0 Å². The fraction of sp³-hybridized carbons (Fsp3) is 0.583. The molecule has 0 fully saturated rings. The van der Waals surface area contributed by atoms with E-state index in [9.17, 15) is 8.78 Å². The summed E-state index contributed by atoms with van der Waals surface area (Å²) in [6.07, 6.45) is 2.58. The van der Waals surface area contributed by atoms with Crippen molar-refractivity contribution in [2.75, 3.05) is 13.7 Å². The van der Waals surface area contributed by atoms with Crippen molar-refractivity contribution in [1.29, 1.82) is 0 Å². The molecule has 0 bridgehead atoms. The van der Waals surface area contributed by atoms with E-state index in [4.69, 9.17) is 14.2 Å². The Morgan fingerprint density at radius 1 is 0.931 bits per heavy atom. The minimum Gasteiger partial charge on any atom is -0.498 e. The smallest absolute Gasteiger partial charge is 0.196 e. The first kappa shape index (κ1) is 25.3. The van der Waals surface area contributed by atoms with Crippen LogP contribution in [-0.2, 0) is 27.2 Å². The maximum absolute atomic E-state index is 14.2. The van der Waals surface area contributed by atoms with Gasteiger partial charge in [0.1, 0.15) is 5.76 Å². The van der Waals surface area contributed by atoms with Crippen LogP contribution >= 0.6 is 0 Å². The molecule has 164 valence electrons. The highest BCUT2D eigenvalue weighted by molar-refractivity contribution is 5.33. The lowest BCUT2D eigenvalue weighted by Crippen LogP contribution is -2.20. The molecular formula is C24H36F2O3. The van der Waals surface area contributed by atoms with Gasteiger partial charge in [0, 0.05) is 12.3 Å². The Balaban J connectivity index is 0.00000204. The van der Waals surface area contributed by atoms with Crippen LogP contribution in [0.5, 0.6) is 0 Å². The molecule has 0 saturated heterocycles. The maximum Gasteiger partial charge on any atom is 0.196 e. The van der Waals surface area contributed by atoms with Gasteiger partial charge in [-0.2, -0.15) is 0 Å². The van der Waals surface area contributed by atoms with Crippen molar-refractivity contribution in [1.82, 2.24) is 0 Å². The number of methoxy groups -OCH3 is 1. The molecule has 0 aliphatic heterocycles. The van der Waals surface area contributed by atoms with Crippen LogP contribution in [0.2, 0.25) is 0 Å². The average Bonchev–Trinajstić information content (AvgIpc) is 2.75. The molecule has 3 nitrogen and oxygen atoms in total. The second-order valence-electron chi connectivity index (χ2n) is 6.96. The van der Waals surface area contributed by atoms with Crippen LogP contribution in [0, 0.1) is 5.92 Å². The number of rotatable bonds is 10. The standard InChI is InChI=1S/C22H30F2O3.C2H6/c1-5-6-17-7-9-18(10-8-17)14-27-16(3)26-13-15(2)19-11-12-20(25-4)22(24)21(19)23;1-2/h7-10,15-16H,5-6,11-14H2,1-4H3;1-2H3. The number of hydrogen-bond acceptors (Lipinski definition) is 3.